The monoisotopic (exact) mass is 291 g/mol. The molecule has 0 aromatic rings. The number of hydrogen-bond acceptors (Lipinski definition) is 1. The van der Waals surface area contributed by atoms with Crippen molar-refractivity contribution in [3.8, 4) is 0 Å². The average molecular weight is 292 g/mol. The summed E-state index contributed by atoms with van der Waals surface area (Å²) in [4.78, 5) is 4.12. The molecule has 0 aromatic heterocycles. The largest absolute Gasteiger partial charge is 0.297 e. The van der Waals surface area contributed by atoms with Crippen LogP contribution in [0.4, 0.5) is 0 Å². The number of hydrogen-bond donors (Lipinski definition) is 0. The zero-order chi connectivity index (χ0) is 15.8. The standard InChI is InChI=1S/C20H37N/c1-5-8-10-12-15-20(16-13-11-9-6-2)19(14-7-3)17-18-21-4/h7,14,17-18,20H,5-6,8-13,15-16H2,1-4H3/b14-7-,19-17+,21-18?. The molecule has 122 valence electrons. The molecule has 0 N–H and O–H groups in total. The summed E-state index contributed by atoms with van der Waals surface area (Å²) >= 11 is 0. The molecule has 0 fully saturated rings. The highest BCUT2D eigenvalue weighted by molar-refractivity contribution is 5.73. The van der Waals surface area contributed by atoms with Crippen LogP contribution in [0.3, 0.4) is 0 Å². The normalized spacial score (nSPS) is 13.1. The van der Waals surface area contributed by atoms with E-state index in [2.05, 4.69) is 44.0 Å². The van der Waals surface area contributed by atoms with Crippen LogP contribution >= 0.6 is 0 Å². The average Bonchev–Trinajstić information content (AvgIpc) is 2.50. The molecule has 1 heteroatoms. The number of rotatable bonds is 13. The van der Waals surface area contributed by atoms with Crippen molar-refractivity contribution in [2.75, 3.05) is 7.05 Å². The first kappa shape index (κ1) is 20.1. The number of allylic oxidation sites excluding steroid dienone is 4. The second kappa shape index (κ2) is 15.5. The SMILES string of the molecule is C/C=C\C(=C/C=NC)C(CCCCCC)CCCCCC. The summed E-state index contributed by atoms with van der Waals surface area (Å²) in [7, 11) is 1.85. The Morgan fingerprint density at radius 1 is 0.905 bits per heavy atom. The summed E-state index contributed by atoms with van der Waals surface area (Å²) in [5.74, 6) is 0.716. The minimum Gasteiger partial charge on any atom is -0.297 e. The Hall–Kier alpha value is -0.850. The van der Waals surface area contributed by atoms with Crippen LogP contribution in [0.2, 0.25) is 0 Å². The zero-order valence-corrected chi connectivity index (χ0v) is 14.9. The van der Waals surface area contributed by atoms with Gasteiger partial charge in [-0.25, -0.2) is 0 Å². The Morgan fingerprint density at radius 3 is 1.90 bits per heavy atom. The summed E-state index contributed by atoms with van der Waals surface area (Å²) < 4.78 is 0. The lowest BCUT2D eigenvalue weighted by molar-refractivity contribution is 0.461. The van der Waals surface area contributed by atoms with E-state index in [4.69, 9.17) is 0 Å². The Morgan fingerprint density at radius 2 is 1.48 bits per heavy atom. The summed E-state index contributed by atoms with van der Waals surface area (Å²) in [6.45, 7) is 6.68. The van der Waals surface area contributed by atoms with Crippen molar-refractivity contribution in [1.82, 2.24) is 0 Å². The van der Waals surface area contributed by atoms with Crippen molar-refractivity contribution in [1.29, 1.82) is 0 Å². The van der Waals surface area contributed by atoms with Gasteiger partial charge in [0.1, 0.15) is 0 Å². The van der Waals surface area contributed by atoms with E-state index in [9.17, 15) is 0 Å². The van der Waals surface area contributed by atoms with Gasteiger partial charge in [0.2, 0.25) is 0 Å². The smallest absolute Gasteiger partial charge is 0.0277 e. The molecule has 0 aromatic carbocycles. The number of unbranched alkanes of at least 4 members (excludes halogenated alkanes) is 6. The summed E-state index contributed by atoms with van der Waals surface area (Å²) in [5.41, 5.74) is 1.47. The van der Waals surface area contributed by atoms with E-state index in [1.807, 2.05) is 13.3 Å². The van der Waals surface area contributed by atoms with Crippen molar-refractivity contribution in [2.45, 2.75) is 85.0 Å². The van der Waals surface area contributed by atoms with Gasteiger partial charge in [0.15, 0.2) is 0 Å². The fourth-order valence-corrected chi connectivity index (χ4v) is 2.79. The van der Waals surface area contributed by atoms with E-state index in [0.29, 0.717) is 5.92 Å². The molecule has 0 unspecified atom stereocenters. The van der Waals surface area contributed by atoms with Gasteiger partial charge in [-0.05, 0) is 37.3 Å². The Labute approximate surface area is 133 Å². The van der Waals surface area contributed by atoms with Crippen LogP contribution in [0, 0.1) is 5.92 Å². The van der Waals surface area contributed by atoms with Gasteiger partial charge < -0.3 is 0 Å². The highest BCUT2D eigenvalue weighted by Gasteiger charge is 2.11. The van der Waals surface area contributed by atoms with Crippen LogP contribution < -0.4 is 0 Å². The van der Waals surface area contributed by atoms with E-state index in [1.165, 1.54) is 69.8 Å². The van der Waals surface area contributed by atoms with Gasteiger partial charge in [-0.3, -0.25) is 4.99 Å². The second-order valence-electron chi connectivity index (χ2n) is 5.97. The predicted molar refractivity (Wildman–Crippen MR) is 98.3 cm³/mol. The Bertz CT molecular complexity index is 287. The topological polar surface area (TPSA) is 12.4 Å². The van der Waals surface area contributed by atoms with Gasteiger partial charge in [0, 0.05) is 13.3 Å². The molecular weight excluding hydrogens is 254 g/mol. The maximum absolute atomic E-state index is 4.12. The summed E-state index contributed by atoms with van der Waals surface area (Å²) in [5, 5.41) is 0. The van der Waals surface area contributed by atoms with Crippen LogP contribution in [0.5, 0.6) is 0 Å². The van der Waals surface area contributed by atoms with Gasteiger partial charge in [0.25, 0.3) is 0 Å². The lowest BCUT2D eigenvalue weighted by Gasteiger charge is -2.18. The third kappa shape index (κ3) is 11.5. The van der Waals surface area contributed by atoms with Crippen LogP contribution in [0.1, 0.15) is 85.0 Å². The van der Waals surface area contributed by atoms with Gasteiger partial charge in [-0.1, -0.05) is 77.4 Å². The molecule has 0 bridgehead atoms. The molecule has 0 rings (SSSR count). The third-order valence-corrected chi connectivity index (χ3v) is 4.06. The van der Waals surface area contributed by atoms with Crippen molar-refractivity contribution < 1.29 is 0 Å². The van der Waals surface area contributed by atoms with Gasteiger partial charge in [0.05, 0.1) is 0 Å². The molecule has 0 atom stereocenters. The summed E-state index contributed by atoms with van der Waals surface area (Å²) in [6.07, 6.45) is 22.2. The zero-order valence-electron chi connectivity index (χ0n) is 14.9. The van der Waals surface area contributed by atoms with Crippen molar-refractivity contribution in [2.24, 2.45) is 10.9 Å². The Kier molecular flexibility index (Phi) is 14.9. The molecule has 0 heterocycles. The molecule has 0 aliphatic rings. The molecule has 1 nitrogen and oxygen atoms in total. The van der Waals surface area contributed by atoms with Crippen LogP contribution in [0.15, 0.2) is 28.8 Å². The maximum Gasteiger partial charge on any atom is 0.0277 e. The quantitative estimate of drug-likeness (QED) is 0.202. The minimum absolute atomic E-state index is 0.716. The van der Waals surface area contributed by atoms with Gasteiger partial charge >= 0.3 is 0 Å². The predicted octanol–water partition coefficient (Wildman–Crippen LogP) is 6.75. The molecule has 0 aliphatic heterocycles. The van der Waals surface area contributed by atoms with Crippen molar-refractivity contribution in [3.05, 3.63) is 23.8 Å². The lowest BCUT2D eigenvalue weighted by Crippen LogP contribution is -2.04. The van der Waals surface area contributed by atoms with Gasteiger partial charge in [-0.2, -0.15) is 0 Å². The molecule has 0 saturated carbocycles. The first-order chi connectivity index (χ1) is 10.3. The van der Waals surface area contributed by atoms with Crippen molar-refractivity contribution >= 4 is 6.21 Å². The fraction of sp³-hybridized carbons (Fsp3) is 0.750. The van der Waals surface area contributed by atoms with Crippen LogP contribution in [-0.4, -0.2) is 13.3 Å². The second-order valence-corrected chi connectivity index (χ2v) is 5.97. The highest BCUT2D eigenvalue weighted by Crippen LogP contribution is 2.26. The van der Waals surface area contributed by atoms with Crippen LogP contribution in [-0.2, 0) is 0 Å². The molecule has 0 spiro atoms. The molecule has 0 saturated heterocycles. The summed E-state index contributed by atoms with van der Waals surface area (Å²) in [6, 6.07) is 0. The Balaban J connectivity index is 4.55. The molecule has 0 aliphatic carbocycles. The molecule has 21 heavy (non-hydrogen) atoms. The highest BCUT2D eigenvalue weighted by atomic mass is 14.6. The number of nitrogens with zero attached hydrogens (tertiary/aromatic N) is 1. The van der Waals surface area contributed by atoms with Crippen molar-refractivity contribution in [3.63, 3.8) is 0 Å². The van der Waals surface area contributed by atoms with E-state index < -0.39 is 0 Å². The first-order valence-electron chi connectivity index (χ1n) is 9.05. The number of aliphatic imine (C=N–C) groups is 1. The molecule has 0 amide bonds. The lowest BCUT2D eigenvalue weighted by atomic mass is 9.87. The van der Waals surface area contributed by atoms with Crippen LogP contribution in [0.25, 0.3) is 0 Å². The van der Waals surface area contributed by atoms with E-state index in [1.54, 1.807) is 0 Å². The minimum atomic E-state index is 0.716. The molecular formula is C20H37N. The maximum atomic E-state index is 4.12. The fourth-order valence-electron chi connectivity index (χ4n) is 2.79. The first-order valence-corrected chi connectivity index (χ1v) is 9.05. The van der Waals surface area contributed by atoms with Gasteiger partial charge in [-0.15, -0.1) is 0 Å². The van der Waals surface area contributed by atoms with E-state index in [-0.39, 0.29) is 0 Å². The van der Waals surface area contributed by atoms with E-state index >= 15 is 0 Å². The third-order valence-electron chi connectivity index (χ3n) is 4.06. The van der Waals surface area contributed by atoms with E-state index in [0.717, 1.165) is 0 Å². The molecule has 0 radical (unpaired) electrons.